The van der Waals surface area contributed by atoms with Crippen LogP contribution in [0.25, 0.3) is 0 Å². The van der Waals surface area contributed by atoms with Crippen LogP contribution < -0.4 is 0 Å². The normalized spacial score (nSPS) is 38.4. The van der Waals surface area contributed by atoms with E-state index in [2.05, 4.69) is 0 Å². The van der Waals surface area contributed by atoms with Crippen LogP contribution in [0, 0.1) is 11.2 Å². The first-order valence-corrected chi connectivity index (χ1v) is 4.91. The van der Waals surface area contributed by atoms with Gasteiger partial charge in [0.1, 0.15) is 12.1 Å². The van der Waals surface area contributed by atoms with Crippen LogP contribution in [-0.4, -0.2) is 6.29 Å². The lowest BCUT2D eigenvalue weighted by molar-refractivity contribution is -0.159. The van der Waals surface area contributed by atoms with Gasteiger partial charge < -0.3 is 4.79 Å². The maximum atomic E-state index is 12.7. The third-order valence-corrected chi connectivity index (χ3v) is 3.78. The molecule has 3 fully saturated rings. The molecule has 72 valence electrons. The van der Waals surface area contributed by atoms with E-state index >= 15 is 0 Å². The van der Waals surface area contributed by atoms with Crippen LogP contribution in [0.4, 0.5) is 4.39 Å². The molecule has 3 aliphatic rings. The van der Waals surface area contributed by atoms with Crippen molar-refractivity contribution in [2.45, 2.75) is 24.7 Å². The molecule has 14 heavy (non-hydrogen) atoms. The molecule has 2 heteroatoms. The minimum atomic E-state index is -0.189. The fourth-order valence-electron chi connectivity index (χ4n) is 3.10. The third-order valence-electron chi connectivity index (χ3n) is 3.78. The Morgan fingerprint density at radius 2 is 1.71 bits per heavy atom. The van der Waals surface area contributed by atoms with Crippen LogP contribution in [0.5, 0.6) is 0 Å². The van der Waals surface area contributed by atoms with Gasteiger partial charge >= 0.3 is 0 Å². The molecule has 0 heterocycles. The lowest BCUT2D eigenvalue weighted by atomic mass is 9.34. The van der Waals surface area contributed by atoms with Gasteiger partial charge in [-0.3, -0.25) is 0 Å². The van der Waals surface area contributed by atoms with Gasteiger partial charge in [0.25, 0.3) is 0 Å². The van der Waals surface area contributed by atoms with E-state index in [0.29, 0.717) is 0 Å². The van der Waals surface area contributed by atoms with E-state index in [1.807, 2.05) is 12.1 Å². The number of carbonyl (C=O) groups is 1. The highest BCUT2D eigenvalue weighted by atomic mass is 19.1. The Kier molecular flexibility index (Phi) is 1.31. The number of hydrogen-bond donors (Lipinski definition) is 0. The zero-order valence-electron chi connectivity index (χ0n) is 7.79. The first-order valence-electron chi connectivity index (χ1n) is 4.91. The Hall–Kier alpha value is -1.18. The molecule has 0 N–H and O–H groups in total. The lowest BCUT2D eigenvalue weighted by Crippen LogP contribution is -2.65. The summed E-state index contributed by atoms with van der Waals surface area (Å²) in [4.78, 5) is 10.7. The zero-order valence-corrected chi connectivity index (χ0v) is 7.79. The molecule has 0 amide bonds. The standard InChI is InChI=1S/C12H11FO/c13-10-3-1-9(2-4-10)12-5-11(6-12,7-12)8-14/h1-4,8H,5-7H2. The molecule has 0 unspecified atom stereocenters. The largest absolute Gasteiger partial charge is 0.303 e. The minimum absolute atomic E-state index is 0.00557. The highest BCUT2D eigenvalue weighted by Crippen LogP contribution is 2.72. The highest BCUT2D eigenvalue weighted by Gasteiger charge is 2.68. The molecule has 0 radical (unpaired) electrons. The molecule has 0 aromatic heterocycles. The number of benzene rings is 1. The van der Waals surface area contributed by atoms with Crippen LogP contribution in [0.3, 0.4) is 0 Å². The summed E-state index contributed by atoms with van der Waals surface area (Å²) in [6.45, 7) is 0. The summed E-state index contributed by atoms with van der Waals surface area (Å²) in [7, 11) is 0. The van der Waals surface area contributed by atoms with Gasteiger partial charge in [-0.1, -0.05) is 12.1 Å². The highest BCUT2D eigenvalue weighted by molar-refractivity contribution is 5.69. The fraction of sp³-hybridized carbons (Fsp3) is 0.417. The smallest absolute Gasteiger partial charge is 0.126 e. The Balaban J connectivity index is 1.87. The van der Waals surface area contributed by atoms with Gasteiger partial charge in [0.05, 0.1) is 0 Å². The molecule has 0 aliphatic heterocycles. The second-order valence-corrected chi connectivity index (χ2v) is 4.80. The molecular formula is C12H11FO. The van der Waals surface area contributed by atoms with Crippen molar-refractivity contribution in [2.75, 3.05) is 0 Å². The van der Waals surface area contributed by atoms with Crippen molar-refractivity contribution >= 4 is 6.29 Å². The second kappa shape index (κ2) is 2.25. The van der Waals surface area contributed by atoms with Gasteiger partial charge in [-0.15, -0.1) is 0 Å². The predicted octanol–water partition coefficient (Wildman–Crippen LogP) is 2.45. The van der Waals surface area contributed by atoms with Crippen molar-refractivity contribution in [1.29, 1.82) is 0 Å². The van der Waals surface area contributed by atoms with Gasteiger partial charge in [0.15, 0.2) is 0 Å². The molecular weight excluding hydrogens is 179 g/mol. The van der Waals surface area contributed by atoms with E-state index in [9.17, 15) is 9.18 Å². The van der Waals surface area contributed by atoms with E-state index in [1.165, 1.54) is 17.7 Å². The SMILES string of the molecule is O=CC12CC(c3ccc(F)cc3)(C1)C2. The Labute approximate surface area is 81.9 Å². The molecule has 1 nitrogen and oxygen atoms in total. The quantitative estimate of drug-likeness (QED) is 0.654. The predicted molar refractivity (Wildman–Crippen MR) is 50.4 cm³/mol. The van der Waals surface area contributed by atoms with Crippen molar-refractivity contribution in [3.63, 3.8) is 0 Å². The summed E-state index contributed by atoms with van der Waals surface area (Å²) in [5, 5.41) is 0. The molecule has 0 spiro atoms. The van der Waals surface area contributed by atoms with Crippen LogP contribution in [-0.2, 0) is 10.2 Å². The van der Waals surface area contributed by atoms with Crippen LogP contribution in [0.1, 0.15) is 24.8 Å². The summed E-state index contributed by atoms with van der Waals surface area (Å²) >= 11 is 0. The average Bonchev–Trinajstić information content (AvgIpc) is 2.04. The van der Waals surface area contributed by atoms with E-state index in [1.54, 1.807) is 0 Å². The number of rotatable bonds is 2. The number of aldehydes is 1. The molecule has 4 rings (SSSR count). The van der Waals surface area contributed by atoms with Crippen molar-refractivity contribution in [2.24, 2.45) is 5.41 Å². The Morgan fingerprint density at radius 3 is 2.21 bits per heavy atom. The summed E-state index contributed by atoms with van der Waals surface area (Å²) < 4.78 is 12.7. The van der Waals surface area contributed by atoms with Crippen molar-refractivity contribution in [3.05, 3.63) is 35.6 Å². The van der Waals surface area contributed by atoms with Crippen LogP contribution in [0.2, 0.25) is 0 Å². The van der Waals surface area contributed by atoms with Crippen molar-refractivity contribution in [1.82, 2.24) is 0 Å². The van der Waals surface area contributed by atoms with Gasteiger partial charge in [-0.25, -0.2) is 4.39 Å². The first-order chi connectivity index (χ1) is 6.68. The van der Waals surface area contributed by atoms with Gasteiger partial charge in [0.2, 0.25) is 0 Å². The molecule has 3 saturated carbocycles. The molecule has 0 atom stereocenters. The lowest BCUT2D eigenvalue weighted by Gasteiger charge is -2.68. The van der Waals surface area contributed by atoms with Crippen LogP contribution in [0.15, 0.2) is 24.3 Å². The van der Waals surface area contributed by atoms with Crippen LogP contribution >= 0.6 is 0 Å². The topological polar surface area (TPSA) is 17.1 Å². The summed E-state index contributed by atoms with van der Waals surface area (Å²) in [6, 6.07) is 6.71. The van der Waals surface area contributed by atoms with E-state index in [4.69, 9.17) is 0 Å². The Morgan fingerprint density at radius 1 is 1.14 bits per heavy atom. The monoisotopic (exact) mass is 190 g/mol. The zero-order chi connectivity index (χ0) is 9.81. The Bertz CT molecular complexity index is 374. The van der Waals surface area contributed by atoms with Gasteiger partial charge in [0, 0.05) is 5.41 Å². The van der Waals surface area contributed by atoms with Gasteiger partial charge in [-0.05, 0) is 42.4 Å². The van der Waals surface area contributed by atoms with E-state index < -0.39 is 0 Å². The third kappa shape index (κ3) is 0.813. The van der Waals surface area contributed by atoms with E-state index in [0.717, 1.165) is 25.5 Å². The van der Waals surface area contributed by atoms with Crippen molar-refractivity contribution in [3.8, 4) is 0 Å². The summed E-state index contributed by atoms with van der Waals surface area (Å²) in [5.41, 5.74) is 1.41. The summed E-state index contributed by atoms with van der Waals surface area (Å²) in [5.74, 6) is -0.189. The molecule has 2 bridgehead atoms. The average molecular weight is 190 g/mol. The second-order valence-electron chi connectivity index (χ2n) is 4.80. The maximum absolute atomic E-state index is 12.7. The van der Waals surface area contributed by atoms with Crippen molar-refractivity contribution < 1.29 is 9.18 Å². The maximum Gasteiger partial charge on any atom is 0.126 e. The molecule has 1 aromatic rings. The van der Waals surface area contributed by atoms with Gasteiger partial charge in [-0.2, -0.15) is 0 Å². The molecule has 3 aliphatic carbocycles. The first kappa shape index (κ1) is 8.16. The fourth-order valence-corrected chi connectivity index (χ4v) is 3.10. The molecule has 0 saturated heterocycles. The van der Waals surface area contributed by atoms with E-state index in [-0.39, 0.29) is 16.6 Å². The summed E-state index contributed by atoms with van der Waals surface area (Å²) in [6.07, 6.45) is 4.00. The minimum Gasteiger partial charge on any atom is -0.303 e. The molecule has 1 aromatic carbocycles. The number of hydrogen-bond acceptors (Lipinski definition) is 1. The number of carbonyl (C=O) groups excluding carboxylic acids is 1. The number of halogens is 1.